The van der Waals surface area contributed by atoms with Gasteiger partial charge in [0.05, 0.1) is 11.4 Å². The first kappa shape index (κ1) is 34.8. The standard InChI is InChI=1S/C54H49N/c1-54(2,3)43-35-33-40(34-36-43)47-26-9-11-31-51(47)55(44-24-13-23-42(37-44)46-28-14-20-38-19-7-8-25-45(38)46)52-32-12-10-27-49(52)50-30-16-22-41-21-15-29-48(53(41)50)39-17-5-4-6-18-39/h7-16,19-37,39H,4-6,17-18H2,1-3H3. The molecule has 0 radical (unpaired) electrons. The van der Waals surface area contributed by atoms with Gasteiger partial charge in [-0.25, -0.2) is 0 Å². The van der Waals surface area contributed by atoms with E-state index >= 15 is 0 Å². The number of benzene rings is 8. The molecule has 8 aromatic rings. The Kier molecular flexibility index (Phi) is 9.32. The maximum absolute atomic E-state index is 2.51. The summed E-state index contributed by atoms with van der Waals surface area (Å²) in [6.45, 7) is 6.85. The summed E-state index contributed by atoms with van der Waals surface area (Å²) < 4.78 is 0. The van der Waals surface area contributed by atoms with Gasteiger partial charge in [-0.05, 0) is 103 Å². The molecule has 1 saturated carbocycles. The van der Waals surface area contributed by atoms with Crippen molar-refractivity contribution < 1.29 is 0 Å². The van der Waals surface area contributed by atoms with Gasteiger partial charge in [0.25, 0.3) is 0 Å². The quantitative estimate of drug-likeness (QED) is 0.159. The summed E-state index contributed by atoms with van der Waals surface area (Å²) in [5.41, 5.74) is 13.8. The van der Waals surface area contributed by atoms with Crippen LogP contribution >= 0.6 is 0 Å². The first-order valence-electron chi connectivity index (χ1n) is 20.1. The SMILES string of the molecule is CC(C)(C)c1ccc(-c2ccccc2N(c2cccc(-c3cccc4ccccc34)c2)c2ccccc2-c2cccc3cccc(C4CCCCC4)c23)cc1. The Morgan fingerprint density at radius 2 is 1.04 bits per heavy atom. The van der Waals surface area contributed by atoms with Gasteiger partial charge in [-0.15, -0.1) is 0 Å². The molecule has 0 saturated heterocycles. The molecule has 0 N–H and O–H groups in total. The van der Waals surface area contributed by atoms with E-state index in [-0.39, 0.29) is 5.41 Å². The maximum Gasteiger partial charge on any atom is 0.0540 e. The Labute approximate surface area is 326 Å². The van der Waals surface area contributed by atoms with Gasteiger partial charge < -0.3 is 4.90 Å². The van der Waals surface area contributed by atoms with Crippen LogP contribution in [0.15, 0.2) is 176 Å². The summed E-state index contributed by atoms with van der Waals surface area (Å²) in [5, 5.41) is 5.24. The lowest BCUT2D eigenvalue weighted by Crippen LogP contribution is -2.13. The van der Waals surface area contributed by atoms with E-state index in [2.05, 4.69) is 202 Å². The number of hydrogen-bond acceptors (Lipinski definition) is 1. The third-order valence-corrected chi connectivity index (χ3v) is 11.8. The lowest BCUT2D eigenvalue weighted by atomic mass is 9.80. The summed E-state index contributed by atoms with van der Waals surface area (Å²) in [6, 6.07) is 65.6. The second-order valence-corrected chi connectivity index (χ2v) is 16.4. The molecule has 1 aliphatic carbocycles. The summed E-state index contributed by atoms with van der Waals surface area (Å²) in [7, 11) is 0. The highest BCUT2D eigenvalue weighted by atomic mass is 15.1. The molecule has 1 aliphatic rings. The van der Waals surface area contributed by atoms with Crippen LogP contribution in [0, 0.1) is 0 Å². The van der Waals surface area contributed by atoms with Gasteiger partial charge in [0, 0.05) is 16.8 Å². The third kappa shape index (κ3) is 6.74. The zero-order chi connectivity index (χ0) is 37.4. The predicted octanol–water partition coefficient (Wildman–Crippen LogP) is 15.8. The summed E-state index contributed by atoms with van der Waals surface area (Å²) in [5.74, 6) is 0.594. The summed E-state index contributed by atoms with van der Waals surface area (Å²) in [6.07, 6.45) is 6.51. The minimum absolute atomic E-state index is 0.0833. The molecule has 0 aromatic heterocycles. The fourth-order valence-corrected chi connectivity index (χ4v) is 9.00. The summed E-state index contributed by atoms with van der Waals surface area (Å²) >= 11 is 0. The molecule has 1 heteroatoms. The molecular weight excluding hydrogens is 663 g/mol. The van der Waals surface area contributed by atoms with E-state index in [9.17, 15) is 0 Å². The van der Waals surface area contributed by atoms with E-state index in [0.29, 0.717) is 5.92 Å². The average Bonchev–Trinajstić information content (AvgIpc) is 3.24. The number of rotatable bonds is 7. The van der Waals surface area contributed by atoms with Crippen LogP contribution in [0.3, 0.4) is 0 Å². The molecule has 0 unspecified atom stereocenters. The number of fused-ring (bicyclic) bond motifs is 2. The van der Waals surface area contributed by atoms with Gasteiger partial charge in [-0.3, -0.25) is 0 Å². The van der Waals surface area contributed by atoms with Crippen molar-refractivity contribution in [1.82, 2.24) is 0 Å². The highest BCUT2D eigenvalue weighted by molar-refractivity contribution is 6.04. The molecule has 1 fully saturated rings. The number of para-hydroxylation sites is 2. The van der Waals surface area contributed by atoms with Crippen LogP contribution in [0.5, 0.6) is 0 Å². The molecule has 270 valence electrons. The molecule has 0 bridgehead atoms. The van der Waals surface area contributed by atoms with Gasteiger partial charge in [-0.1, -0.05) is 192 Å². The van der Waals surface area contributed by atoms with Crippen molar-refractivity contribution in [2.75, 3.05) is 4.90 Å². The highest BCUT2D eigenvalue weighted by Crippen LogP contribution is 2.48. The van der Waals surface area contributed by atoms with Crippen molar-refractivity contribution in [2.24, 2.45) is 0 Å². The van der Waals surface area contributed by atoms with Gasteiger partial charge in [0.1, 0.15) is 0 Å². The molecule has 9 rings (SSSR count). The smallest absolute Gasteiger partial charge is 0.0540 e. The summed E-state index contributed by atoms with van der Waals surface area (Å²) in [4.78, 5) is 2.51. The fourth-order valence-electron chi connectivity index (χ4n) is 9.00. The van der Waals surface area contributed by atoms with Crippen LogP contribution in [0.2, 0.25) is 0 Å². The first-order chi connectivity index (χ1) is 26.9. The first-order valence-corrected chi connectivity index (χ1v) is 20.1. The number of nitrogens with zero attached hydrogens (tertiary/aromatic N) is 1. The monoisotopic (exact) mass is 711 g/mol. The zero-order valence-corrected chi connectivity index (χ0v) is 32.3. The Morgan fingerprint density at radius 3 is 1.80 bits per heavy atom. The molecule has 8 aromatic carbocycles. The Balaban J connectivity index is 1.28. The van der Waals surface area contributed by atoms with E-state index < -0.39 is 0 Å². The minimum Gasteiger partial charge on any atom is -0.309 e. The van der Waals surface area contributed by atoms with Crippen molar-refractivity contribution in [3.05, 3.63) is 187 Å². The molecule has 0 amide bonds. The van der Waals surface area contributed by atoms with Crippen LogP contribution in [0.25, 0.3) is 54.9 Å². The van der Waals surface area contributed by atoms with E-state index in [1.807, 2.05) is 0 Å². The predicted molar refractivity (Wildman–Crippen MR) is 237 cm³/mol. The van der Waals surface area contributed by atoms with Crippen molar-refractivity contribution in [3.8, 4) is 33.4 Å². The lowest BCUT2D eigenvalue weighted by molar-refractivity contribution is 0.445. The molecule has 0 heterocycles. The Morgan fingerprint density at radius 1 is 0.455 bits per heavy atom. The Hall–Kier alpha value is -5.92. The lowest BCUT2D eigenvalue weighted by Gasteiger charge is -2.31. The average molecular weight is 712 g/mol. The largest absolute Gasteiger partial charge is 0.309 e. The molecule has 0 atom stereocenters. The van der Waals surface area contributed by atoms with Crippen molar-refractivity contribution in [2.45, 2.75) is 64.2 Å². The second-order valence-electron chi connectivity index (χ2n) is 16.4. The Bertz CT molecular complexity index is 2610. The topological polar surface area (TPSA) is 3.24 Å². The minimum atomic E-state index is 0.0833. The van der Waals surface area contributed by atoms with Gasteiger partial charge in [-0.2, -0.15) is 0 Å². The van der Waals surface area contributed by atoms with Crippen molar-refractivity contribution in [3.63, 3.8) is 0 Å². The fraction of sp³-hybridized carbons (Fsp3) is 0.185. The van der Waals surface area contributed by atoms with Crippen molar-refractivity contribution in [1.29, 1.82) is 0 Å². The van der Waals surface area contributed by atoms with Crippen LogP contribution in [0.4, 0.5) is 17.1 Å². The van der Waals surface area contributed by atoms with E-state index in [0.717, 1.165) is 11.4 Å². The third-order valence-electron chi connectivity index (χ3n) is 11.8. The molecule has 0 aliphatic heterocycles. The number of anilines is 3. The van der Waals surface area contributed by atoms with Gasteiger partial charge in [0.2, 0.25) is 0 Å². The van der Waals surface area contributed by atoms with Crippen LogP contribution in [0.1, 0.15) is 69.9 Å². The van der Waals surface area contributed by atoms with Crippen LogP contribution < -0.4 is 4.90 Å². The van der Waals surface area contributed by atoms with Crippen LogP contribution in [-0.2, 0) is 5.41 Å². The molecular formula is C54H49N. The van der Waals surface area contributed by atoms with Gasteiger partial charge in [0.15, 0.2) is 0 Å². The number of hydrogen-bond donors (Lipinski definition) is 0. The van der Waals surface area contributed by atoms with Crippen LogP contribution in [-0.4, -0.2) is 0 Å². The maximum atomic E-state index is 2.51. The van der Waals surface area contributed by atoms with E-state index in [1.165, 1.54) is 104 Å². The van der Waals surface area contributed by atoms with E-state index in [4.69, 9.17) is 0 Å². The normalized spacial score (nSPS) is 13.7. The van der Waals surface area contributed by atoms with Gasteiger partial charge >= 0.3 is 0 Å². The molecule has 1 nitrogen and oxygen atoms in total. The highest BCUT2D eigenvalue weighted by Gasteiger charge is 2.24. The molecule has 55 heavy (non-hydrogen) atoms. The molecule has 0 spiro atoms. The zero-order valence-electron chi connectivity index (χ0n) is 32.3. The second kappa shape index (κ2) is 14.7. The van der Waals surface area contributed by atoms with Crippen molar-refractivity contribution >= 4 is 38.6 Å². The van der Waals surface area contributed by atoms with E-state index in [1.54, 1.807) is 0 Å².